The van der Waals surface area contributed by atoms with Gasteiger partial charge in [-0.25, -0.2) is 4.21 Å². The number of ether oxygens (including phenoxy) is 1. The minimum atomic E-state index is -1.73. The van der Waals surface area contributed by atoms with Crippen LogP contribution in [0.4, 0.5) is 11.4 Å². The first-order valence-electron chi connectivity index (χ1n) is 10.4. The normalized spacial score (nSPS) is 10.9. The molecule has 0 aromatic heterocycles. The Morgan fingerprint density at radius 1 is 1.10 bits per heavy atom. The Morgan fingerprint density at radius 2 is 1.77 bits per heavy atom. The van der Waals surface area contributed by atoms with Gasteiger partial charge < -0.3 is 25.0 Å². The molecule has 0 aliphatic heterocycles. The highest BCUT2D eigenvalue weighted by Crippen LogP contribution is 2.29. The minimum Gasteiger partial charge on any atom is -0.457 e. The van der Waals surface area contributed by atoms with Crippen molar-refractivity contribution in [2.24, 2.45) is 0 Å². The number of anilines is 2. The summed E-state index contributed by atoms with van der Waals surface area (Å²) in [5.74, 6) is 1.86. The van der Waals surface area contributed by atoms with Gasteiger partial charge in [0.2, 0.25) is 0 Å². The first-order valence-corrected chi connectivity index (χ1v) is 11.7. The first kappa shape index (κ1) is 27.9. The molecule has 2 aromatic carbocycles. The van der Waals surface area contributed by atoms with Crippen molar-refractivity contribution < 1.29 is 20.4 Å². The minimum absolute atomic E-state index is 0. The van der Waals surface area contributed by atoms with Crippen molar-refractivity contribution >= 4 is 22.5 Å². The summed E-state index contributed by atoms with van der Waals surface area (Å²) in [6, 6.07) is 14.0. The highest BCUT2D eigenvalue weighted by molar-refractivity contribution is 7.79. The average molecular weight is 441 g/mol. The molecule has 0 saturated carbocycles. The molecule has 0 aliphatic carbocycles. The van der Waals surface area contributed by atoms with Crippen LogP contribution >= 0.6 is 0 Å². The van der Waals surface area contributed by atoms with E-state index in [0.717, 1.165) is 42.5 Å². The summed E-state index contributed by atoms with van der Waals surface area (Å²) in [5, 5.41) is 3.34. The Bertz CT molecular complexity index is 762. The second kappa shape index (κ2) is 15.7. The molecule has 2 rings (SSSR count). The van der Waals surface area contributed by atoms with Crippen LogP contribution in [0.15, 0.2) is 42.5 Å². The lowest BCUT2D eigenvalue weighted by Gasteiger charge is -2.23. The highest BCUT2D eigenvalue weighted by Gasteiger charge is 2.08. The van der Waals surface area contributed by atoms with Crippen LogP contribution < -0.4 is 15.0 Å². The van der Waals surface area contributed by atoms with E-state index in [1.165, 1.54) is 12.0 Å². The largest absolute Gasteiger partial charge is 0.457 e. The van der Waals surface area contributed by atoms with Crippen molar-refractivity contribution in [2.45, 2.75) is 47.5 Å². The Balaban J connectivity index is 0. The highest BCUT2D eigenvalue weighted by atomic mass is 32.2. The molecular weight excluding hydrogens is 400 g/mol. The fraction of sp³-hybridized carbons (Fsp3) is 0.478. The van der Waals surface area contributed by atoms with Gasteiger partial charge in [0, 0.05) is 44.6 Å². The van der Waals surface area contributed by atoms with Gasteiger partial charge >= 0.3 is 0 Å². The van der Waals surface area contributed by atoms with Crippen molar-refractivity contribution in [1.29, 1.82) is 0 Å². The fourth-order valence-corrected chi connectivity index (χ4v) is 3.15. The van der Waals surface area contributed by atoms with Gasteiger partial charge in [0.05, 0.1) is 5.75 Å². The maximum Gasteiger partial charge on any atom is 0.152 e. The number of nitrogens with zero attached hydrogens (tertiary/aromatic N) is 1. The molecule has 0 fully saturated rings. The Kier molecular flexibility index (Phi) is 14.6. The van der Waals surface area contributed by atoms with E-state index in [1.807, 2.05) is 42.5 Å². The van der Waals surface area contributed by atoms with E-state index in [0.29, 0.717) is 12.2 Å². The second-order valence-corrected chi connectivity index (χ2v) is 7.82. The maximum absolute atomic E-state index is 10.8. The fourth-order valence-electron chi connectivity index (χ4n) is 2.77. The molecule has 0 saturated heterocycles. The van der Waals surface area contributed by atoms with Gasteiger partial charge in [0.25, 0.3) is 0 Å². The lowest BCUT2D eigenvalue weighted by molar-refractivity contribution is 0.482. The van der Waals surface area contributed by atoms with Crippen LogP contribution in [0.25, 0.3) is 0 Å². The summed E-state index contributed by atoms with van der Waals surface area (Å²) in [7, 11) is 0. The van der Waals surface area contributed by atoms with Crippen LogP contribution in [0.3, 0.4) is 0 Å². The van der Waals surface area contributed by atoms with Crippen molar-refractivity contribution in [1.82, 2.24) is 0 Å². The Labute approximate surface area is 185 Å². The second-order valence-electron chi connectivity index (χ2n) is 6.77. The summed E-state index contributed by atoms with van der Waals surface area (Å²) in [6.07, 6.45) is 1.92. The molecule has 0 radical (unpaired) electrons. The molecule has 4 N–H and O–H groups in total. The Morgan fingerprint density at radius 3 is 2.37 bits per heavy atom. The van der Waals surface area contributed by atoms with Gasteiger partial charge in [-0.3, -0.25) is 0 Å². The number of rotatable bonds is 10. The van der Waals surface area contributed by atoms with Gasteiger partial charge in [0.15, 0.2) is 11.1 Å². The third-order valence-electron chi connectivity index (χ3n) is 4.12. The van der Waals surface area contributed by atoms with Crippen molar-refractivity contribution in [3.63, 3.8) is 0 Å². The standard InChI is InChI=1S/C20H28N2O3S.C3H8.H2O.H2/c1-4-21-20-15-19(11-10-16(20)3)25-18-9-6-8-17(14-18)22(5-2)12-7-13-26(23)24;1-3-2;;/h6,8-11,14-15,21H,4-5,7,12-13H2,1-3H3,(H,23,24);3H2,1-2H3;1H2;1H. The molecule has 0 aliphatic rings. The quantitative estimate of drug-likeness (QED) is 0.476. The van der Waals surface area contributed by atoms with Gasteiger partial charge in [0.1, 0.15) is 11.5 Å². The van der Waals surface area contributed by atoms with E-state index in [2.05, 4.69) is 44.8 Å². The Hall–Kier alpha value is -2.09. The smallest absolute Gasteiger partial charge is 0.152 e. The maximum atomic E-state index is 10.8. The summed E-state index contributed by atoms with van der Waals surface area (Å²) in [4.78, 5) is 2.18. The van der Waals surface area contributed by atoms with Crippen LogP contribution in [0.5, 0.6) is 11.5 Å². The number of nitrogens with one attached hydrogen (secondary N) is 1. The molecule has 0 heterocycles. The van der Waals surface area contributed by atoms with E-state index in [-0.39, 0.29) is 6.90 Å². The summed E-state index contributed by atoms with van der Waals surface area (Å²) < 4.78 is 25.8. The molecule has 0 spiro atoms. The van der Waals surface area contributed by atoms with Gasteiger partial charge in [-0.15, -0.1) is 0 Å². The van der Waals surface area contributed by atoms with Crippen molar-refractivity contribution in [3.05, 3.63) is 48.0 Å². The topological polar surface area (TPSA) is 93.3 Å². The predicted molar refractivity (Wildman–Crippen MR) is 132 cm³/mol. The van der Waals surface area contributed by atoms with Gasteiger partial charge in [-0.2, -0.15) is 0 Å². The summed E-state index contributed by atoms with van der Waals surface area (Å²) in [5.41, 5.74) is 3.31. The molecule has 6 nitrogen and oxygen atoms in total. The zero-order chi connectivity index (χ0) is 21.6. The number of hydrogen-bond donors (Lipinski definition) is 2. The molecule has 30 heavy (non-hydrogen) atoms. The zero-order valence-corrected chi connectivity index (χ0v) is 19.7. The third kappa shape index (κ3) is 10.1. The molecule has 0 bridgehead atoms. The average Bonchev–Trinajstić information content (AvgIpc) is 2.69. The van der Waals surface area contributed by atoms with Crippen LogP contribution in [-0.2, 0) is 11.1 Å². The predicted octanol–water partition coefficient (Wildman–Crippen LogP) is 5.49. The van der Waals surface area contributed by atoms with Crippen LogP contribution in [-0.4, -0.2) is 39.6 Å². The molecule has 172 valence electrons. The molecule has 7 heteroatoms. The van der Waals surface area contributed by atoms with Crippen molar-refractivity contribution in [3.8, 4) is 11.5 Å². The van der Waals surface area contributed by atoms with Crippen LogP contribution in [0, 0.1) is 6.92 Å². The van der Waals surface area contributed by atoms with E-state index in [4.69, 9.17) is 9.29 Å². The number of aryl methyl sites for hydroxylation is 1. The van der Waals surface area contributed by atoms with Gasteiger partial charge in [-0.1, -0.05) is 32.4 Å². The summed E-state index contributed by atoms with van der Waals surface area (Å²) >= 11 is -1.73. The van der Waals surface area contributed by atoms with Gasteiger partial charge in [-0.05, 0) is 51.0 Å². The first-order chi connectivity index (χ1) is 13.9. The SMILES string of the molecule is CCC.CCNc1cc(Oc2cccc(N(CC)CCCS(=O)O)c2)ccc1C.O.[HH]. The molecule has 1 unspecified atom stereocenters. The van der Waals surface area contributed by atoms with E-state index >= 15 is 0 Å². The lowest BCUT2D eigenvalue weighted by atomic mass is 10.2. The molecule has 1 atom stereocenters. The van der Waals surface area contributed by atoms with Crippen LogP contribution in [0.2, 0.25) is 0 Å². The third-order valence-corrected chi connectivity index (χ3v) is 4.76. The van der Waals surface area contributed by atoms with E-state index in [9.17, 15) is 4.21 Å². The number of hydrogen-bond acceptors (Lipinski definition) is 4. The van der Waals surface area contributed by atoms with Crippen molar-refractivity contribution in [2.75, 3.05) is 35.6 Å². The molecular formula is C23H40N2O4S. The monoisotopic (exact) mass is 440 g/mol. The van der Waals surface area contributed by atoms with E-state index < -0.39 is 11.1 Å². The zero-order valence-electron chi connectivity index (χ0n) is 18.9. The lowest BCUT2D eigenvalue weighted by Crippen LogP contribution is -2.25. The molecule has 0 amide bonds. The molecule has 2 aromatic rings. The van der Waals surface area contributed by atoms with E-state index in [1.54, 1.807) is 0 Å². The number of benzene rings is 2. The summed E-state index contributed by atoms with van der Waals surface area (Å²) in [6.45, 7) is 12.9. The van der Waals surface area contributed by atoms with Crippen LogP contribution in [0.1, 0.15) is 47.5 Å².